The minimum atomic E-state index is -0.346. The van der Waals surface area contributed by atoms with Gasteiger partial charge in [0, 0.05) is 18.9 Å². The summed E-state index contributed by atoms with van der Waals surface area (Å²) in [5.74, 6) is 5.66. The zero-order chi connectivity index (χ0) is 14.5. The lowest BCUT2D eigenvalue weighted by atomic mass is 10.1. The highest BCUT2D eigenvalue weighted by atomic mass is 35.5. The van der Waals surface area contributed by atoms with Gasteiger partial charge in [-0.3, -0.25) is 20.5 Å². The van der Waals surface area contributed by atoms with E-state index in [0.29, 0.717) is 17.3 Å². The van der Waals surface area contributed by atoms with E-state index in [1.165, 1.54) is 0 Å². The van der Waals surface area contributed by atoms with Crippen LogP contribution >= 0.6 is 11.6 Å². The summed E-state index contributed by atoms with van der Waals surface area (Å²) in [6, 6.07) is -0.346. The molecule has 2 aromatic rings. The van der Waals surface area contributed by atoms with Crippen LogP contribution in [0.4, 0.5) is 0 Å². The van der Waals surface area contributed by atoms with E-state index >= 15 is 0 Å². The molecule has 2 aromatic heterocycles. The molecule has 2 heterocycles. The molecular formula is C12H18ClN7. The fourth-order valence-corrected chi connectivity index (χ4v) is 2.15. The van der Waals surface area contributed by atoms with Crippen molar-refractivity contribution >= 4 is 11.6 Å². The third-order valence-electron chi connectivity index (χ3n) is 2.91. The Kier molecular flexibility index (Phi) is 5.02. The van der Waals surface area contributed by atoms with E-state index in [2.05, 4.69) is 25.4 Å². The molecule has 7 nitrogen and oxygen atoms in total. The molecule has 0 spiro atoms. The van der Waals surface area contributed by atoms with Crippen LogP contribution in [0.2, 0.25) is 5.02 Å². The number of hydrazine groups is 1. The molecule has 0 fully saturated rings. The maximum Gasteiger partial charge on any atom is 0.108 e. The summed E-state index contributed by atoms with van der Waals surface area (Å²) in [7, 11) is 4.01. The molecule has 0 aromatic carbocycles. The Morgan fingerprint density at radius 1 is 1.40 bits per heavy atom. The molecule has 108 valence electrons. The second kappa shape index (κ2) is 6.76. The molecule has 20 heavy (non-hydrogen) atoms. The SMILES string of the molecule is CN(C)CCn1ncc(Cl)c1C(NN)c1cnccn1. The van der Waals surface area contributed by atoms with Gasteiger partial charge in [0.1, 0.15) is 6.04 Å². The van der Waals surface area contributed by atoms with Crippen LogP contribution in [0.1, 0.15) is 17.4 Å². The summed E-state index contributed by atoms with van der Waals surface area (Å²) in [6.07, 6.45) is 6.51. The molecule has 0 amide bonds. The highest BCUT2D eigenvalue weighted by molar-refractivity contribution is 6.31. The third-order valence-corrected chi connectivity index (χ3v) is 3.20. The molecule has 0 aliphatic carbocycles. The van der Waals surface area contributed by atoms with Crippen molar-refractivity contribution in [1.82, 2.24) is 30.1 Å². The lowest BCUT2D eigenvalue weighted by Crippen LogP contribution is -2.32. The van der Waals surface area contributed by atoms with Crippen molar-refractivity contribution in [3.05, 3.63) is 41.2 Å². The van der Waals surface area contributed by atoms with Crippen molar-refractivity contribution in [3.63, 3.8) is 0 Å². The predicted molar refractivity (Wildman–Crippen MR) is 77.0 cm³/mol. The van der Waals surface area contributed by atoms with Gasteiger partial charge in [-0.15, -0.1) is 0 Å². The molecule has 0 saturated carbocycles. The average molecular weight is 296 g/mol. The lowest BCUT2D eigenvalue weighted by molar-refractivity contribution is 0.365. The van der Waals surface area contributed by atoms with Gasteiger partial charge in [0.05, 0.1) is 35.3 Å². The summed E-state index contributed by atoms with van der Waals surface area (Å²) in [5.41, 5.74) is 4.21. The maximum atomic E-state index is 6.24. The highest BCUT2D eigenvalue weighted by Gasteiger charge is 2.22. The van der Waals surface area contributed by atoms with E-state index in [1.807, 2.05) is 18.8 Å². The predicted octanol–water partition coefficient (Wildman–Crippen LogP) is 0.441. The van der Waals surface area contributed by atoms with Gasteiger partial charge >= 0.3 is 0 Å². The Bertz CT molecular complexity index is 540. The van der Waals surface area contributed by atoms with E-state index in [1.54, 1.807) is 24.8 Å². The first-order valence-corrected chi connectivity index (χ1v) is 6.59. The molecule has 8 heteroatoms. The van der Waals surface area contributed by atoms with Crippen LogP contribution in [-0.4, -0.2) is 45.3 Å². The number of aromatic nitrogens is 4. The Balaban J connectivity index is 2.32. The topological polar surface area (TPSA) is 84.9 Å². The van der Waals surface area contributed by atoms with E-state index in [9.17, 15) is 0 Å². The highest BCUT2D eigenvalue weighted by Crippen LogP contribution is 2.26. The molecule has 0 aliphatic rings. The molecule has 1 unspecified atom stereocenters. The summed E-state index contributed by atoms with van der Waals surface area (Å²) in [5, 5.41) is 4.85. The maximum absolute atomic E-state index is 6.24. The van der Waals surface area contributed by atoms with Crippen LogP contribution in [-0.2, 0) is 6.54 Å². The molecule has 2 rings (SSSR count). The quantitative estimate of drug-likeness (QED) is 0.594. The Hall–Kier alpha value is -1.54. The van der Waals surface area contributed by atoms with E-state index in [4.69, 9.17) is 17.4 Å². The van der Waals surface area contributed by atoms with Gasteiger partial charge in [-0.1, -0.05) is 11.6 Å². The number of halogens is 1. The third kappa shape index (κ3) is 3.31. The van der Waals surface area contributed by atoms with Gasteiger partial charge in [0.2, 0.25) is 0 Å². The van der Waals surface area contributed by atoms with E-state index in [0.717, 1.165) is 12.2 Å². The fraction of sp³-hybridized carbons (Fsp3) is 0.417. The molecule has 0 aliphatic heterocycles. The van der Waals surface area contributed by atoms with Crippen LogP contribution in [0, 0.1) is 0 Å². The van der Waals surface area contributed by atoms with Crippen LogP contribution in [0.25, 0.3) is 0 Å². The zero-order valence-electron chi connectivity index (χ0n) is 11.5. The first kappa shape index (κ1) is 14.9. The minimum Gasteiger partial charge on any atom is -0.308 e. The average Bonchev–Trinajstić information content (AvgIpc) is 2.80. The van der Waals surface area contributed by atoms with Gasteiger partial charge in [0.15, 0.2) is 0 Å². The second-order valence-corrected chi connectivity index (χ2v) is 5.04. The van der Waals surface area contributed by atoms with Crippen molar-refractivity contribution in [2.75, 3.05) is 20.6 Å². The zero-order valence-corrected chi connectivity index (χ0v) is 12.2. The van der Waals surface area contributed by atoms with Crippen molar-refractivity contribution in [2.24, 2.45) is 5.84 Å². The van der Waals surface area contributed by atoms with Crippen LogP contribution in [0.5, 0.6) is 0 Å². The number of nitrogens with two attached hydrogens (primary N) is 1. The molecule has 1 atom stereocenters. The largest absolute Gasteiger partial charge is 0.308 e. The molecule has 0 saturated heterocycles. The molecule has 3 N–H and O–H groups in total. The van der Waals surface area contributed by atoms with Gasteiger partial charge in [0.25, 0.3) is 0 Å². The molecule has 0 bridgehead atoms. The minimum absolute atomic E-state index is 0.346. The monoisotopic (exact) mass is 295 g/mol. The van der Waals surface area contributed by atoms with Crippen LogP contribution in [0.3, 0.4) is 0 Å². The summed E-state index contributed by atoms with van der Waals surface area (Å²) in [6.45, 7) is 1.57. The smallest absolute Gasteiger partial charge is 0.108 e. The van der Waals surface area contributed by atoms with Crippen molar-refractivity contribution in [3.8, 4) is 0 Å². The fourth-order valence-electron chi connectivity index (χ4n) is 1.90. The first-order chi connectivity index (χ1) is 9.63. The van der Waals surface area contributed by atoms with Crippen molar-refractivity contribution in [1.29, 1.82) is 0 Å². The lowest BCUT2D eigenvalue weighted by Gasteiger charge is -2.18. The normalized spacial score (nSPS) is 12.8. The summed E-state index contributed by atoms with van der Waals surface area (Å²) in [4.78, 5) is 10.4. The molecule has 0 radical (unpaired) electrons. The van der Waals surface area contributed by atoms with Gasteiger partial charge in [-0.2, -0.15) is 5.10 Å². The van der Waals surface area contributed by atoms with Crippen molar-refractivity contribution in [2.45, 2.75) is 12.6 Å². The number of likely N-dealkylation sites (N-methyl/N-ethyl adjacent to an activating group) is 1. The van der Waals surface area contributed by atoms with Crippen molar-refractivity contribution < 1.29 is 0 Å². The van der Waals surface area contributed by atoms with Gasteiger partial charge < -0.3 is 4.90 Å². The summed E-state index contributed by atoms with van der Waals surface area (Å²) < 4.78 is 1.83. The van der Waals surface area contributed by atoms with E-state index < -0.39 is 0 Å². The number of rotatable bonds is 6. The van der Waals surface area contributed by atoms with E-state index in [-0.39, 0.29) is 6.04 Å². The Labute approximate surface area is 122 Å². The Morgan fingerprint density at radius 3 is 2.80 bits per heavy atom. The number of hydrogen-bond acceptors (Lipinski definition) is 6. The van der Waals surface area contributed by atoms with Crippen LogP contribution < -0.4 is 11.3 Å². The second-order valence-electron chi connectivity index (χ2n) is 4.63. The number of nitrogens with one attached hydrogen (secondary N) is 1. The molecular weight excluding hydrogens is 278 g/mol. The van der Waals surface area contributed by atoms with Gasteiger partial charge in [-0.05, 0) is 14.1 Å². The first-order valence-electron chi connectivity index (χ1n) is 6.21. The summed E-state index contributed by atoms with van der Waals surface area (Å²) >= 11 is 6.24. The Morgan fingerprint density at radius 2 is 2.20 bits per heavy atom. The number of hydrogen-bond donors (Lipinski definition) is 2. The standard InChI is InChI=1S/C12H18ClN7/c1-19(2)5-6-20-12(9(13)7-17-20)11(18-14)10-8-15-3-4-16-10/h3-4,7-8,11,18H,5-6,14H2,1-2H3. The van der Waals surface area contributed by atoms with Gasteiger partial charge in [-0.25, -0.2) is 5.43 Å². The van der Waals surface area contributed by atoms with Crippen LogP contribution in [0.15, 0.2) is 24.8 Å². The number of nitrogens with zero attached hydrogens (tertiary/aromatic N) is 5.